The van der Waals surface area contributed by atoms with Crippen molar-refractivity contribution < 1.29 is 4.79 Å². The Labute approximate surface area is 198 Å². The molecule has 1 unspecified atom stereocenters. The van der Waals surface area contributed by atoms with Crippen LogP contribution in [0.4, 0.5) is 5.82 Å². The average molecular weight is 446 g/mol. The molecule has 6 heteroatoms. The number of carbonyl (C=O) groups excluding carboxylic acids is 1. The number of nitriles is 1. The molecule has 0 aromatic carbocycles. The number of likely N-dealkylation sites (N-methyl/N-ethyl adjacent to an activating group) is 1. The largest absolute Gasteiger partial charge is 0.384 e. The molecule has 6 nitrogen and oxygen atoms in total. The van der Waals surface area contributed by atoms with E-state index in [1.807, 2.05) is 24.8 Å². The minimum atomic E-state index is 0.222. The molecule has 3 heterocycles. The van der Waals surface area contributed by atoms with E-state index in [-0.39, 0.29) is 11.9 Å². The van der Waals surface area contributed by atoms with E-state index >= 15 is 0 Å². The first-order valence-electron chi connectivity index (χ1n) is 11.8. The van der Waals surface area contributed by atoms with Crippen molar-refractivity contribution in [2.24, 2.45) is 0 Å². The Morgan fingerprint density at radius 1 is 1.36 bits per heavy atom. The number of fused-ring (bicyclic) bond motifs is 1. The van der Waals surface area contributed by atoms with Gasteiger partial charge >= 0.3 is 0 Å². The van der Waals surface area contributed by atoms with Crippen LogP contribution in [0, 0.1) is 11.3 Å². The second-order valence-corrected chi connectivity index (χ2v) is 8.70. The van der Waals surface area contributed by atoms with Gasteiger partial charge in [-0.25, -0.2) is 4.98 Å². The zero-order chi connectivity index (χ0) is 24.0. The molecular formula is C27H35N5O. The zero-order valence-corrected chi connectivity index (χ0v) is 20.2. The van der Waals surface area contributed by atoms with Crippen molar-refractivity contribution in [3.63, 3.8) is 0 Å². The fourth-order valence-electron chi connectivity index (χ4n) is 4.64. The number of anilines is 1. The van der Waals surface area contributed by atoms with Crippen LogP contribution in [0.5, 0.6) is 0 Å². The van der Waals surface area contributed by atoms with E-state index in [0.717, 1.165) is 60.7 Å². The third kappa shape index (κ3) is 5.36. The molecule has 33 heavy (non-hydrogen) atoms. The molecular weight excluding hydrogens is 410 g/mol. The number of allylic oxidation sites excluding steroid dienone is 4. The molecule has 1 amide bonds. The molecule has 3 rings (SSSR count). The van der Waals surface area contributed by atoms with Gasteiger partial charge in [-0.15, -0.1) is 0 Å². The molecule has 1 saturated heterocycles. The smallest absolute Gasteiger partial charge is 0.223 e. The fraction of sp³-hybridized carbons (Fsp3) is 0.444. The summed E-state index contributed by atoms with van der Waals surface area (Å²) in [6, 6.07) is 4.67. The van der Waals surface area contributed by atoms with Crippen molar-refractivity contribution in [1.29, 1.82) is 5.26 Å². The number of nitrogens with zero attached hydrogens (tertiary/aromatic N) is 4. The highest BCUT2D eigenvalue weighted by atomic mass is 16.2. The molecule has 0 radical (unpaired) electrons. The SMILES string of the molecule is C=C/C(C#N)=C(\C=C(/C)N1CCCc2cc(CN3C(=O)CCCC3C)c(C=C)nc21)NCC. The molecule has 0 saturated carbocycles. The quantitative estimate of drug-likeness (QED) is 0.457. The molecule has 2 aliphatic rings. The van der Waals surface area contributed by atoms with Crippen LogP contribution in [0.2, 0.25) is 0 Å². The fourth-order valence-corrected chi connectivity index (χ4v) is 4.64. The summed E-state index contributed by atoms with van der Waals surface area (Å²) in [7, 11) is 0. The molecule has 1 aromatic heterocycles. The van der Waals surface area contributed by atoms with Crippen LogP contribution in [0.25, 0.3) is 6.08 Å². The number of rotatable bonds is 8. The van der Waals surface area contributed by atoms with Gasteiger partial charge in [0.25, 0.3) is 0 Å². The molecule has 2 aliphatic heterocycles. The van der Waals surface area contributed by atoms with Gasteiger partial charge in [-0.1, -0.05) is 13.2 Å². The molecule has 1 atom stereocenters. The minimum absolute atomic E-state index is 0.222. The number of likely N-dealkylation sites (tertiary alicyclic amines) is 1. The summed E-state index contributed by atoms with van der Waals surface area (Å²) >= 11 is 0. The third-order valence-corrected chi connectivity index (χ3v) is 6.43. The van der Waals surface area contributed by atoms with Crippen molar-refractivity contribution in [3.8, 4) is 6.07 Å². The lowest BCUT2D eigenvalue weighted by molar-refractivity contribution is -0.136. The van der Waals surface area contributed by atoms with Gasteiger partial charge in [0.05, 0.1) is 17.0 Å². The molecule has 1 fully saturated rings. The molecule has 0 spiro atoms. The van der Waals surface area contributed by atoms with Crippen LogP contribution >= 0.6 is 0 Å². The van der Waals surface area contributed by atoms with Crippen molar-refractivity contribution >= 4 is 17.8 Å². The Bertz CT molecular complexity index is 1030. The van der Waals surface area contributed by atoms with Crippen molar-refractivity contribution in [3.05, 3.63) is 65.2 Å². The summed E-state index contributed by atoms with van der Waals surface area (Å²) in [5, 5.41) is 12.7. The Balaban J connectivity index is 1.97. The van der Waals surface area contributed by atoms with Gasteiger partial charge in [0.2, 0.25) is 5.91 Å². The van der Waals surface area contributed by atoms with Gasteiger partial charge in [-0.2, -0.15) is 5.26 Å². The van der Waals surface area contributed by atoms with Crippen LogP contribution in [-0.2, 0) is 17.8 Å². The van der Waals surface area contributed by atoms with Gasteiger partial charge in [0.1, 0.15) is 11.9 Å². The predicted octanol–water partition coefficient (Wildman–Crippen LogP) is 4.86. The Kier molecular flexibility index (Phi) is 8.11. The molecule has 1 aromatic rings. The van der Waals surface area contributed by atoms with Crippen LogP contribution < -0.4 is 10.2 Å². The van der Waals surface area contributed by atoms with E-state index in [2.05, 4.69) is 42.4 Å². The highest BCUT2D eigenvalue weighted by Gasteiger charge is 2.27. The third-order valence-electron chi connectivity index (χ3n) is 6.43. The van der Waals surface area contributed by atoms with E-state index in [1.165, 1.54) is 5.56 Å². The lowest BCUT2D eigenvalue weighted by Crippen LogP contribution is -2.41. The summed E-state index contributed by atoms with van der Waals surface area (Å²) in [5.74, 6) is 1.15. The number of piperidine rings is 1. The number of carbonyl (C=O) groups is 1. The first-order chi connectivity index (χ1) is 15.9. The molecule has 174 valence electrons. The Morgan fingerprint density at radius 2 is 2.15 bits per heavy atom. The number of aromatic nitrogens is 1. The monoisotopic (exact) mass is 445 g/mol. The van der Waals surface area contributed by atoms with Crippen LogP contribution in [-0.4, -0.2) is 34.9 Å². The van der Waals surface area contributed by atoms with E-state index in [4.69, 9.17) is 4.98 Å². The van der Waals surface area contributed by atoms with E-state index in [9.17, 15) is 10.1 Å². The van der Waals surface area contributed by atoms with Gasteiger partial charge in [0, 0.05) is 37.8 Å². The summed E-state index contributed by atoms with van der Waals surface area (Å²) in [4.78, 5) is 21.7. The number of nitrogens with one attached hydrogen (secondary N) is 1. The standard InChI is InChI=1S/C27H35N5O/c1-6-21(17-28)25(29-8-3)15-20(5)31-14-10-12-22-16-23(24(7-2)30-27(22)31)18-32-19(4)11-9-13-26(32)33/h6-7,15-16,19,29H,1-2,8-14,18H2,3-5H3/b20-15+,25-21-. The predicted molar refractivity (Wildman–Crippen MR) is 134 cm³/mol. The van der Waals surface area contributed by atoms with Gasteiger partial charge in [-0.05, 0) is 81.9 Å². The summed E-state index contributed by atoms with van der Waals surface area (Å²) in [6.45, 7) is 16.1. The number of pyridine rings is 1. The number of hydrogen-bond acceptors (Lipinski definition) is 5. The van der Waals surface area contributed by atoms with E-state index in [1.54, 1.807) is 12.2 Å². The zero-order valence-electron chi connectivity index (χ0n) is 20.2. The summed E-state index contributed by atoms with van der Waals surface area (Å²) in [6.07, 6.45) is 9.96. The maximum atomic E-state index is 12.5. The summed E-state index contributed by atoms with van der Waals surface area (Å²) < 4.78 is 0. The van der Waals surface area contributed by atoms with Gasteiger partial charge in [0.15, 0.2) is 0 Å². The van der Waals surface area contributed by atoms with Crippen LogP contribution in [0.15, 0.2) is 48.3 Å². The number of aryl methyl sites for hydroxylation is 1. The molecule has 0 bridgehead atoms. The maximum Gasteiger partial charge on any atom is 0.223 e. The van der Waals surface area contributed by atoms with Crippen LogP contribution in [0.1, 0.15) is 63.3 Å². The maximum absolute atomic E-state index is 12.5. The highest BCUT2D eigenvalue weighted by molar-refractivity contribution is 5.77. The normalized spacial score (nSPS) is 19.4. The van der Waals surface area contributed by atoms with Crippen molar-refractivity contribution in [2.45, 2.75) is 65.5 Å². The minimum Gasteiger partial charge on any atom is -0.384 e. The highest BCUT2D eigenvalue weighted by Crippen LogP contribution is 2.32. The average Bonchev–Trinajstić information content (AvgIpc) is 2.81. The summed E-state index contributed by atoms with van der Waals surface area (Å²) in [5.41, 5.74) is 5.36. The number of hydrogen-bond donors (Lipinski definition) is 1. The lowest BCUT2D eigenvalue weighted by Gasteiger charge is -2.35. The number of amides is 1. The molecule has 0 aliphatic carbocycles. The van der Waals surface area contributed by atoms with Gasteiger partial charge in [-0.3, -0.25) is 4.79 Å². The second-order valence-electron chi connectivity index (χ2n) is 8.70. The molecule has 1 N–H and O–H groups in total. The van der Waals surface area contributed by atoms with Gasteiger partial charge < -0.3 is 15.1 Å². The second kappa shape index (κ2) is 11.0. The van der Waals surface area contributed by atoms with E-state index < -0.39 is 0 Å². The Morgan fingerprint density at radius 3 is 2.79 bits per heavy atom. The van der Waals surface area contributed by atoms with Crippen molar-refractivity contribution in [2.75, 3.05) is 18.0 Å². The lowest BCUT2D eigenvalue weighted by atomic mass is 9.98. The van der Waals surface area contributed by atoms with Crippen LogP contribution in [0.3, 0.4) is 0 Å². The first-order valence-corrected chi connectivity index (χ1v) is 11.8. The van der Waals surface area contributed by atoms with E-state index in [0.29, 0.717) is 25.1 Å². The van der Waals surface area contributed by atoms with Crippen molar-refractivity contribution in [1.82, 2.24) is 15.2 Å². The Hall–Kier alpha value is -3.33. The topological polar surface area (TPSA) is 72.3 Å². The first kappa shape index (κ1) is 24.3.